The van der Waals surface area contributed by atoms with Crippen LogP contribution in [0, 0.1) is 6.92 Å². The van der Waals surface area contributed by atoms with Gasteiger partial charge in [-0.2, -0.15) is 0 Å². The maximum absolute atomic E-state index is 5.92. The smallest absolute Gasteiger partial charge is 0.191 e. The largest absolute Gasteiger partial charge is 0.493 e. The Labute approximate surface area is 178 Å². The van der Waals surface area contributed by atoms with Crippen molar-refractivity contribution in [1.82, 2.24) is 25.2 Å². The number of aliphatic imine (C=N–C) groups is 1. The van der Waals surface area contributed by atoms with Gasteiger partial charge in [-0.05, 0) is 43.5 Å². The van der Waals surface area contributed by atoms with Gasteiger partial charge in [-0.15, -0.1) is 0 Å². The van der Waals surface area contributed by atoms with Crippen molar-refractivity contribution in [2.45, 2.75) is 40.3 Å². The minimum absolute atomic E-state index is 0.541. The number of hydrogen-bond donors (Lipinski definition) is 2. The molecule has 0 unspecified atom stereocenters. The first-order valence-corrected chi connectivity index (χ1v) is 10.4. The summed E-state index contributed by atoms with van der Waals surface area (Å²) in [6.07, 6.45) is 8.17. The molecule has 7 heteroatoms. The number of pyridine rings is 1. The molecule has 0 amide bonds. The number of ether oxygens (including phenoxy) is 1. The van der Waals surface area contributed by atoms with E-state index in [1.165, 1.54) is 5.56 Å². The van der Waals surface area contributed by atoms with Crippen LogP contribution in [-0.2, 0) is 13.1 Å². The number of nitrogens with zero attached hydrogens (tertiary/aromatic N) is 4. The van der Waals surface area contributed by atoms with Gasteiger partial charge in [0.1, 0.15) is 17.9 Å². The van der Waals surface area contributed by atoms with Crippen LogP contribution in [0.2, 0.25) is 0 Å². The van der Waals surface area contributed by atoms with Crippen LogP contribution in [0.4, 0.5) is 0 Å². The summed E-state index contributed by atoms with van der Waals surface area (Å²) in [5.74, 6) is 2.53. The fourth-order valence-corrected chi connectivity index (χ4v) is 2.90. The standard InChI is InChI=1S/C23H30N6O/c1-4-12-30-21-13-18(3)6-8-20(21)16-28-23(25-5-2)27-15-19-7-9-22(26-14-19)29-11-10-24-17-29/h6-11,13-14,17H,4-5,12,15-16H2,1-3H3,(H2,25,27,28). The normalized spacial score (nSPS) is 11.4. The van der Waals surface area contributed by atoms with Gasteiger partial charge in [0.05, 0.1) is 13.2 Å². The van der Waals surface area contributed by atoms with E-state index in [2.05, 4.69) is 59.6 Å². The van der Waals surface area contributed by atoms with Gasteiger partial charge >= 0.3 is 0 Å². The van der Waals surface area contributed by atoms with Crippen LogP contribution in [0.5, 0.6) is 5.75 Å². The molecule has 3 rings (SSSR count). The van der Waals surface area contributed by atoms with Gasteiger partial charge in [0, 0.05) is 37.2 Å². The molecule has 1 aromatic carbocycles. The van der Waals surface area contributed by atoms with E-state index in [4.69, 9.17) is 9.73 Å². The van der Waals surface area contributed by atoms with Crippen molar-refractivity contribution < 1.29 is 4.74 Å². The number of nitrogens with one attached hydrogen (secondary N) is 2. The molecule has 0 bridgehead atoms. The molecule has 0 saturated heterocycles. The molecule has 0 spiro atoms. The zero-order chi connectivity index (χ0) is 21.2. The minimum Gasteiger partial charge on any atom is -0.493 e. The van der Waals surface area contributed by atoms with E-state index < -0.39 is 0 Å². The van der Waals surface area contributed by atoms with E-state index >= 15 is 0 Å². The Hall–Kier alpha value is -3.35. The molecule has 0 aliphatic carbocycles. The second kappa shape index (κ2) is 11.0. The number of aryl methyl sites for hydroxylation is 1. The molecule has 0 radical (unpaired) electrons. The zero-order valence-corrected chi connectivity index (χ0v) is 17.9. The quantitative estimate of drug-likeness (QED) is 0.419. The predicted molar refractivity (Wildman–Crippen MR) is 120 cm³/mol. The first-order chi connectivity index (χ1) is 14.7. The molecule has 0 atom stereocenters. The summed E-state index contributed by atoms with van der Waals surface area (Å²) in [4.78, 5) is 13.2. The van der Waals surface area contributed by atoms with Crippen molar-refractivity contribution >= 4 is 5.96 Å². The fourth-order valence-electron chi connectivity index (χ4n) is 2.90. The lowest BCUT2D eigenvalue weighted by molar-refractivity contribution is 0.313. The molecule has 2 heterocycles. The number of rotatable bonds is 9. The number of benzene rings is 1. The maximum atomic E-state index is 5.92. The second-order valence-electron chi connectivity index (χ2n) is 7.00. The second-order valence-corrected chi connectivity index (χ2v) is 7.00. The first-order valence-electron chi connectivity index (χ1n) is 10.4. The molecular weight excluding hydrogens is 376 g/mol. The summed E-state index contributed by atoms with van der Waals surface area (Å²) in [7, 11) is 0. The Kier molecular flexibility index (Phi) is 7.83. The van der Waals surface area contributed by atoms with Gasteiger partial charge in [-0.25, -0.2) is 15.0 Å². The topological polar surface area (TPSA) is 76.4 Å². The SMILES string of the molecule is CCCOc1cc(C)ccc1CNC(=NCc1ccc(-n2ccnc2)nc1)NCC. The van der Waals surface area contributed by atoms with Crippen molar-refractivity contribution in [2.24, 2.45) is 4.99 Å². The Bertz CT molecular complexity index is 935. The van der Waals surface area contributed by atoms with Gasteiger partial charge in [-0.3, -0.25) is 4.57 Å². The summed E-state index contributed by atoms with van der Waals surface area (Å²) in [6.45, 7) is 8.93. The lowest BCUT2D eigenvalue weighted by Gasteiger charge is -2.15. The maximum Gasteiger partial charge on any atom is 0.191 e. The predicted octanol–water partition coefficient (Wildman–Crippen LogP) is 3.62. The van der Waals surface area contributed by atoms with Crippen molar-refractivity contribution in [3.8, 4) is 11.6 Å². The third kappa shape index (κ3) is 6.07. The van der Waals surface area contributed by atoms with Gasteiger partial charge < -0.3 is 15.4 Å². The molecule has 0 fully saturated rings. The molecule has 158 valence electrons. The average molecular weight is 407 g/mol. The Morgan fingerprint density at radius 1 is 1.17 bits per heavy atom. The summed E-state index contributed by atoms with van der Waals surface area (Å²) < 4.78 is 7.79. The number of hydrogen-bond acceptors (Lipinski definition) is 4. The Morgan fingerprint density at radius 2 is 2.07 bits per heavy atom. The van der Waals surface area contributed by atoms with Crippen molar-refractivity contribution in [3.05, 3.63) is 71.9 Å². The summed E-state index contributed by atoms with van der Waals surface area (Å²) >= 11 is 0. The van der Waals surface area contributed by atoms with Gasteiger partial charge in [-0.1, -0.05) is 25.1 Å². The summed E-state index contributed by atoms with van der Waals surface area (Å²) in [6, 6.07) is 10.3. The highest BCUT2D eigenvalue weighted by molar-refractivity contribution is 5.79. The van der Waals surface area contributed by atoms with Gasteiger partial charge in [0.2, 0.25) is 0 Å². The average Bonchev–Trinajstić information content (AvgIpc) is 3.30. The van der Waals surface area contributed by atoms with E-state index in [0.717, 1.165) is 41.6 Å². The molecular formula is C23H30N6O. The van der Waals surface area contributed by atoms with Crippen LogP contribution in [0.1, 0.15) is 37.0 Å². The number of imidazole rings is 1. The van der Waals surface area contributed by atoms with E-state index in [1.807, 2.05) is 29.1 Å². The van der Waals surface area contributed by atoms with Crippen molar-refractivity contribution in [2.75, 3.05) is 13.2 Å². The van der Waals surface area contributed by atoms with Crippen LogP contribution in [0.15, 0.2) is 60.2 Å². The molecule has 7 nitrogen and oxygen atoms in total. The third-order valence-electron chi connectivity index (χ3n) is 4.47. The summed E-state index contributed by atoms with van der Waals surface area (Å²) in [5.41, 5.74) is 3.35. The lowest BCUT2D eigenvalue weighted by atomic mass is 10.1. The van der Waals surface area contributed by atoms with E-state index in [9.17, 15) is 0 Å². The summed E-state index contributed by atoms with van der Waals surface area (Å²) in [5, 5.41) is 6.70. The highest BCUT2D eigenvalue weighted by Crippen LogP contribution is 2.20. The zero-order valence-electron chi connectivity index (χ0n) is 17.9. The first kappa shape index (κ1) is 21.4. The minimum atomic E-state index is 0.541. The van der Waals surface area contributed by atoms with E-state index in [-0.39, 0.29) is 0 Å². The molecule has 2 N–H and O–H groups in total. The highest BCUT2D eigenvalue weighted by Gasteiger charge is 2.06. The molecule has 3 aromatic rings. The number of guanidine groups is 1. The van der Waals surface area contributed by atoms with Gasteiger partial charge in [0.15, 0.2) is 5.96 Å². The van der Waals surface area contributed by atoms with Crippen LogP contribution in [0.25, 0.3) is 5.82 Å². The van der Waals surface area contributed by atoms with Crippen molar-refractivity contribution in [1.29, 1.82) is 0 Å². The van der Waals surface area contributed by atoms with Gasteiger partial charge in [0.25, 0.3) is 0 Å². The molecule has 0 saturated carbocycles. The molecule has 2 aromatic heterocycles. The van der Waals surface area contributed by atoms with E-state index in [1.54, 1.807) is 12.5 Å². The fraction of sp³-hybridized carbons (Fsp3) is 0.348. The van der Waals surface area contributed by atoms with Crippen LogP contribution in [0.3, 0.4) is 0 Å². The van der Waals surface area contributed by atoms with Crippen LogP contribution < -0.4 is 15.4 Å². The molecule has 30 heavy (non-hydrogen) atoms. The van der Waals surface area contributed by atoms with Crippen LogP contribution in [-0.4, -0.2) is 33.6 Å². The number of aromatic nitrogens is 3. The molecule has 0 aliphatic rings. The Morgan fingerprint density at radius 3 is 2.77 bits per heavy atom. The van der Waals surface area contributed by atoms with Crippen molar-refractivity contribution in [3.63, 3.8) is 0 Å². The lowest BCUT2D eigenvalue weighted by Crippen LogP contribution is -2.36. The third-order valence-corrected chi connectivity index (χ3v) is 4.47. The molecule has 0 aliphatic heterocycles. The Balaban J connectivity index is 1.63. The van der Waals surface area contributed by atoms with E-state index in [0.29, 0.717) is 19.7 Å². The van der Waals surface area contributed by atoms with Crippen LogP contribution >= 0.6 is 0 Å². The highest BCUT2D eigenvalue weighted by atomic mass is 16.5. The monoisotopic (exact) mass is 406 g/mol.